The Morgan fingerprint density at radius 3 is 2.38 bits per heavy atom. The van der Waals surface area contributed by atoms with Crippen molar-refractivity contribution in [1.29, 1.82) is 0 Å². The van der Waals surface area contributed by atoms with Gasteiger partial charge >= 0.3 is 0 Å². The fraction of sp³-hybridized carbons (Fsp3) is 0.412. The third-order valence-electron chi connectivity index (χ3n) is 4.48. The smallest absolute Gasteiger partial charge is 0.243 e. The second-order valence-electron chi connectivity index (χ2n) is 6.00. The quantitative estimate of drug-likeness (QED) is 0.834. The molecule has 0 amide bonds. The minimum atomic E-state index is -3.52. The zero-order chi connectivity index (χ0) is 18.7. The van der Waals surface area contributed by atoms with Gasteiger partial charge in [-0.1, -0.05) is 6.92 Å². The van der Waals surface area contributed by atoms with Crippen LogP contribution in [0.1, 0.15) is 12.5 Å². The highest BCUT2D eigenvalue weighted by molar-refractivity contribution is 7.89. The first-order valence-electron chi connectivity index (χ1n) is 8.46. The highest BCUT2D eigenvalue weighted by Gasteiger charge is 2.29. The molecule has 0 aliphatic carbocycles. The minimum absolute atomic E-state index is 0.227. The van der Waals surface area contributed by atoms with E-state index >= 15 is 0 Å². The lowest BCUT2D eigenvalue weighted by molar-refractivity contribution is 0.383. The topological polar surface area (TPSA) is 102 Å². The predicted octanol–water partition coefficient (Wildman–Crippen LogP) is 1.14. The Bertz CT molecular complexity index is 862. The van der Waals surface area contributed by atoms with E-state index in [0.29, 0.717) is 31.9 Å². The third-order valence-corrected chi connectivity index (χ3v) is 6.39. The van der Waals surface area contributed by atoms with Crippen molar-refractivity contribution in [3.8, 4) is 5.75 Å². The highest BCUT2D eigenvalue weighted by atomic mass is 32.2. The van der Waals surface area contributed by atoms with E-state index in [9.17, 15) is 8.42 Å². The lowest BCUT2D eigenvalue weighted by Crippen LogP contribution is -2.49. The van der Waals surface area contributed by atoms with Crippen molar-refractivity contribution in [3.05, 3.63) is 36.0 Å². The Balaban J connectivity index is 1.74. The van der Waals surface area contributed by atoms with Crippen molar-refractivity contribution < 1.29 is 13.2 Å². The van der Waals surface area contributed by atoms with Crippen LogP contribution in [-0.2, 0) is 16.4 Å². The summed E-state index contributed by atoms with van der Waals surface area (Å²) in [6.45, 7) is 3.92. The molecule has 0 radical (unpaired) electrons. The number of hydrogen-bond donors (Lipinski definition) is 1. The van der Waals surface area contributed by atoms with Gasteiger partial charge in [-0.2, -0.15) is 9.29 Å². The molecule has 3 rings (SSSR count). The standard InChI is InChI=1S/C17H23N5O3S/c1-3-13-12-19-17(18)20-16(13)21-8-10-22(11-9-21)26(23,24)15-6-4-14(25-2)5-7-15/h4-7,12H,3,8-11H2,1-2H3,(H2,18,19,20). The van der Waals surface area contributed by atoms with Crippen LogP contribution in [0.15, 0.2) is 35.4 Å². The van der Waals surface area contributed by atoms with Gasteiger partial charge in [-0.05, 0) is 30.7 Å². The van der Waals surface area contributed by atoms with Gasteiger partial charge in [0, 0.05) is 37.9 Å². The normalized spacial score (nSPS) is 15.8. The van der Waals surface area contributed by atoms with Crippen LogP contribution >= 0.6 is 0 Å². The molecule has 0 saturated carbocycles. The molecule has 140 valence electrons. The largest absolute Gasteiger partial charge is 0.497 e. The summed E-state index contributed by atoms with van der Waals surface area (Å²) < 4.78 is 32.2. The van der Waals surface area contributed by atoms with Gasteiger partial charge in [-0.3, -0.25) is 0 Å². The number of hydrogen-bond acceptors (Lipinski definition) is 7. The average molecular weight is 377 g/mol. The molecule has 9 heteroatoms. The second kappa shape index (κ2) is 7.46. The van der Waals surface area contributed by atoms with E-state index in [0.717, 1.165) is 17.8 Å². The summed E-state index contributed by atoms with van der Waals surface area (Å²) in [7, 11) is -1.97. The fourth-order valence-corrected chi connectivity index (χ4v) is 4.39. The number of anilines is 2. The van der Waals surface area contributed by atoms with E-state index in [-0.39, 0.29) is 10.8 Å². The van der Waals surface area contributed by atoms with E-state index in [2.05, 4.69) is 14.9 Å². The van der Waals surface area contributed by atoms with Gasteiger partial charge in [0.15, 0.2) is 0 Å². The van der Waals surface area contributed by atoms with E-state index in [1.807, 2.05) is 6.92 Å². The first kappa shape index (κ1) is 18.4. The maximum Gasteiger partial charge on any atom is 0.243 e. The summed E-state index contributed by atoms with van der Waals surface area (Å²) in [4.78, 5) is 10.7. The van der Waals surface area contributed by atoms with Gasteiger partial charge in [0.1, 0.15) is 11.6 Å². The number of nitrogens with two attached hydrogens (primary N) is 1. The van der Waals surface area contributed by atoms with Crippen LogP contribution in [0.3, 0.4) is 0 Å². The Labute approximate surface area is 153 Å². The molecule has 0 atom stereocenters. The zero-order valence-corrected chi connectivity index (χ0v) is 15.7. The Morgan fingerprint density at radius 1 is 1.15 bits per heavy atom. The number of ether oxygens (including phenoxy) is 1. The summed E-state index contributed by atoms with van der Waals surface area (Å²) >= 11 is 0. The van der Waals surface area contributed by atoms with Crippen molar-refractivity contribution in [2.45, 2.75) is 18.2 Å². The molecule has 0 spiro atoms. The summed E-state index contributed by atoms with van der Waals surface area (Å²) in [5.41, 5.74) is 6.72. The molecule has 1 aromatic carbocycles. The van der Waals surface area contributed by atoms with Gasteiger partial charge in [0.05, 0.1) is 12.0 Å². The SMILES string of the molecule is CCc1cnc(N)nc1N1CCN(S(=O)(=O)c2ccc(OC)cc2)CC1. The monoisotopic (exact) mass is 377 g/mol. The van der Waals surface area contributed by atoms with Crippen LogP contribution < -0.4 is 15.4 Å². The van der Waals surface area contributed by atoms with Crippen LogP contribution in [0.2, 0.25) is 0 Å². The van der Waals surface area contributed by atoms with Crippen LogP contribution in [0, 0.1) is 0 Å². The van der Waals surface area contributed by atoms with Crippen molar-refractivity contribution in [2.24, 2.45) is 0 Å². The molecule has 1 fully saturated rings. The Kier molecular flexibility index (Phi) is 5.28. The average Bonchev–Trinajstić information content (AvgIpc) is 2.68. The number of methoxy groups -OCH3 is 1. The molecule has 26 heavy (non-hydrogen) atoms. The van der Waals surface area contributed by atoms with Gasteiger partial charge in [0.2, 0.25) is 16.0 Å². The second-order valence-corrected chi connectivity index (χ2v) is 7.94. The molecular formula is C17H23N5O3S. The Morgan fingerprint density at radius 2 is 1.81 bits per heavy atom. The van der Waals surface area contributed by atoms with Crippen molar-refractivity contribution in [3.63, 3.8) is 0 Å². The molecule has 8 nitrogen and oxygen atoms in total. The molecule has 2 aromatic rings. The molecule has 1 aliphatic rings. The zero-order valence-electron chi connectivity index (χ0n) is 14.9. The molecule has 2 N–H and O–H groups in total. The lowest BCUT2D eigenvalue weighted by atomic mass is 10.2. The van der Waals surface area contributed by atoms with E-state index < -0.39 is 10.0 Å². The number of aryl methyl sites for hydroxylation is 1. The number of aromatic nitrogens is 2. The molecule has 2 heterocycles. The summed E-state index contributed by atoms with van der Waals surface area (Å²) in [6.07, 6.45) is 2.53. The molecule has 0 unspecified atom stereocenters. The predicted molar refractivity (Wildman–Crippen MR) is 99.8 cm³/mol. The number of rotatable bonds is 5. The maximum atomic E-state index is 12.8. The number of nitrogens with zero attached hydrogens (tertiary/aromatic N) is 4. The highest BCUT2D eigenvalue weighted by Crippen LogP contribution is 2.24. The first-order valence-corrected chi connectivity index (χ1v) is 9.90. The van der Waals surface area contributed by atoms with E-state index in [1.165, 1.54) is 4.31 Å². The molecular weight excluding hydrogens is 354 g/mol. The summed E-state index contributed by atoms with van der Waals surface area (Å²) in [5.74, 6) is 1.65. The van der Waals surface area contributed by atoms with Crippen molar-refractivity contribution in [2.75, 3.05) is 43.9 Å². The van der Waals surface area contributed by atoms with Crippen LogP contribution in [-0.4, -0.2) is 56.0 Å². The van der Waals surface area contributed by atoms with E-state index in [1.54, 1.807) is 37.6 Å². The van der Waals surface area contributed by atoms with Gasteiger partial charge in [-0.25, -0.2) is 13.4 Å². The third kappa shape index (κ3) is 3.58. The van der Waals surface area contributed by atoms with Crippen LogP contribution in [0.4, 0.5) is 11.8 Å². The maximum absolute atomic E-state index is 12.8. The molecule has 1 aromatic heterocycles. The number of nitrogen functional groups attached to an aromatic ring is 1. The van der Waals surface area contributed by atoms with Crippen LogP contribution in [0.25, 0.3) is 0 Å². The van der Waals surface area contributed by atoms with Crippen LogP contribution in [0.5, 0.6) is 5.75 Å². The molecule has 1 saturated heterocycles. The number of sulfonamides is 1. The first-order chi connectivity index (χ1) is 12.5. The van der Waals surface area contributed by atoms with Crippen molar-refractivity contribution in [1.82, 2.24) is 14.3 Å². The van der Waals surface area contributed by atoms with Gasteiger partial charge < -0.3 is 15.4 Å². The Hall–Kier alpha value is -2.39. The fourth-order valence-electron chi connectivity index (χ4n) is 2.97. The van der Waals surface area contributed by atoms with Gasteiger partial charge in [0.25, 0.3) is 0 Å². The summed E-state index contributed by atoms with van der Waals surface area (Å²) in [6, 6.07) is 6.45. The van der Waals surface area contributed by atoms with Gasteiger partial charge in [-0.15, -0.1) is 0 Å². The lowest BCUT2D eigenvalue weighted by Gasteiger charge is -2.35. The summed E-state index contributed by atoms with van der Waals surface area (Å²) in [5, 5.41) is 0. The molecule has 0 bridgehead atoms. The molecule has 1 aliphatic heterocycles. The number of benzene rings is 1. The minimum Gasteiger partial charge on any atom is -0.497 e. The number of piperazine rings is 1. The van der Waals surface area contributed by atoms with E-state index in [4.69, 9.17) is 10.5 Å². The van der Waals surface area contributed by atoms with Crippen molar-refractivity contribution >= 4 is 21.8 Å².